The Bertz CT molecular complexity index is 511. The fraction of sp³-hybridized carbons (Fsp3) is 0.529. The van der Waals surface area contributed by atoms with E-state index in [0.29, 0.717) is 32.6 Å². The maximum absolute atomic E-state index is 12.4. The van der Waals surface area contributed by atoms with Gasteiger partial charge in [-0.25, -0.2) is 0 Å². The molecule has 5 nitrogen and oxygen atoms in total. The van der Waals surface area contributed by atoms with Gasteiger partial charge in [0.25, 0.3) is 5.91 Å². The lowest BCUT2D eigenvalue weighted by atomic mass is 10.1. The Morgan fingerprint density at radius 2 is 1.61 bits per heavy atom. The van der Waals surface area contributed by atoms with Gasteiger partial charge in [-0.15, -0.1) is 12.4 Å². The fourth-order valence-corrected chi connectivity index (χ4v) is 2.61. The van der Waals surface area contributed by atoms with Gasteiger partial charge in [0, 0.05) is 38.2 Å². The summed E-state index contributed by atoms with van der Waals surface area (Å²) >= 11 is 0. The zero-order valence-electron chi connectivity index (χ0n) is 13.9. The smallest absolute Gasteiger partial charge is 0.253 e. The summed E-state index contributed by atoms with van der Waals surface area (Å²) in [5.41, 5.74) is 1.87. The van der Waals surface area contributed by atoms with Crippen LogP contribution in [0.5, 0.6) is 0 Å². The third-order valence-electron chi connectivity index (χ3n) is 4.04. The normalized spacial score (nSPS) is 14.3. The minimum absolute atomic E-state index is 0. The van der Waals surface area contributed by atoms with Gasteiger partial charge in [0.1, 0.15) is 0 Å². The number of carbonyl (C=O) groups excluding carboxylic acids is 2. The molecule has 0 atom stereocenters. The number of hydrogen-bond acceptors (Lipinski definition) is 3. The Labute approximate surface area is 144 Å². The molecule has 1 heterocycles. The number of carbonyl (C=O) groups is 2. The first-order valence-corrected chi connectivity index (χ1v) is 7.90. The maximum atomic E-state index is 12.4. The quantitative estimate of drug-likeness (QED) is 0.831. The molecule has 1 N–H and O–H groups in total. The molecule has 1 fully saturated rings. The van der Waals surface area contributed by atoms with Crippen molar-refractivity contribution in [1.29, 1.82) is 0 Å². The number of piperazine rings is 1. The lowest BCUT2D eigenvalue weighted by Gasteiger charge is -2.35. The summed E-state index contributed by atoms with van der Waals surface area (Å²) in [6.07, 6.45) is 1.44. The van der Waals surface area contributed by atoms with E-state index in [1.807, 2.05) is 48.0 Å². The zero-order chi connectivity index (χ0) is 15.9. The Morgan fingerprint density at radius 3 is 2.17 bits per heavy atom. The number of amides is 2. The molecule has 1 saturated heterocycles. The van der Waals surface area contributed by atoms with Crippen LogP contribution in [0.2, 0.25) is 0 Å². The summed E-state index contributed by atoms with van der Waals surface area (Å²) in [5.74, 6) is 0.250. The first-order valence-electron chi connectivity index (χ1n) is 7.90. The number of rotatable bonds is 5. The minimum atomic E-state index is 0. The van der Waals surface area contributed by atoms with E-state index in [1.165, 1.54) is 0 Å². The molecule has 1 aromatic carbocycles. The van der Waals surface area contributed by atoms with Gasteiger partial charge in [-0.3, -0.25) is 9.59 Å². The monoisotopic (exact) mass is 339 g/mol. The van der Waals surface area contributed by atoms with E-state index in [4.69, 9.17) is 0 Å². The van der Waals surface area contributed by atoms with Crippen LogP contribution in [0.25, 0.3) is 0 Å². The summed E-state index contributed by atoms with van der Waals surface area (Å²) in [4.78, 5) is 28.2. The van der Waals surface area contributed by atoms with Crippen LogP contribution in [0.1, 0.15) is 28.8 Å². The summed E-state index contributed by atoms with van der Waals surface area (Å²) < 4.78 is 0. The topological polar surface area (TPSA) is 52.7 Å². The summed E-state index contributed by atoms with van der Waals surface area (Å²) in [6, 6.07) is 7.64. The van der Waals surface area contributed by atoms with E-state index < -0.39 is 0 Å². The Morgan fingerprint density at radius 1 is 1.04 bits per heavy atom. The largest absolute Gasteiger partial charge is 0.339 e. The Kier molecular flexibility index (Phi) is 8.06. The molecule has 128 valence electrons. The molecule has 0 saturated carbocycles. The highest BCUT2D eigenvalue weighted by Crippen LogP contribution is 2.11. The van der Waals surface area contributed by atoms with Gasteiger partial charge < -0.3 is 15.1 Å². The van der Waals surface area contributed by atoms with Crippen molar-refractivity contribution in [1.82, 2.24) is 15.1 Å². The molecular formula is C17H26ClN3O2. The highest BCUT2D eigenvalue weighted by atomic mass is 35.5. The van der Waals surface area contributed by atoms with Gasteiger partial charge in [0.2, 0.25) is 5.91 Å². The number of aryl methyl sites for hydroxylation is 1. The van der Waals surface area contributed by atoms with Crippen LogP contribution in [0.3, 0.4) is 0 Å². The van der Waals surface area contributed by atoms with E-state index in [1.54, 1.807) is 0 Å². The van der Waals surface area contributed by atoms with Gasteiger partial charge in [-0.1, -0.05) is 17.7 Å². The molecule has 0 spiro atoms. The van der Waals surface area contributed by atoms with Crippen molar-refractivity contribution in [3.63, 3.8) is 0 Å². The molecule has 6 heteroatoms. The molecule has 0 unspecified atom stereocenters. The SMILES string of the molecule is CNCCCC(=O)N1CCN(C(=O)c2ccc(C)cc2)CC1.Cl. The molecule has 0 aliphatic carbocycles. The summed E-state index contributed by atoms with van der Waals surface area (Å²) in [5, 5.41) is 3.05. The van der Waals surface area contributed by atoms with Crippen LogP contribution in [0, 0.1) is 6.92 Å². The summed E-state index contributed by atoms with van der Waals surface area (Å²) in [7, 11) is 1.89. The van der Waals surface area contributed by atoms with E-state index >= 15 is 0 Å². The highest BCUT2D eigenvalue weighted by molar-refractivity contribution is 5.94. The van der Waals surface area contributed by atoms with Gasteiger partial charge in [-0.05, 0) is 39.1 Å². The van der Waals surface area contributed by atoms with Crippen molar-refractivity contribution in [3.8, 4) is 0 Å². The van der Waals surface area contributed by atoms with E-state index in [2.05, 4.69) is 5.32 Å². The second-order valence-corrected chi connectivity index (χ2v) is 5.75. The number of nitrogens with zero attached hydrogens (tertiary/aromatic N) is 2. The number of hydrogen-bond donors (Lipinski definition) is 1. The van der Waals surface area contributed by atoms with E-state index in [-0.39, 0.29) is 24.2 Å². The summed E-state index contributed by atoms with van der Waals surface area (Å²) in [6.45, 7) is 5.37. The molecule has 0 bridgehead atoms. The third kappa shape index (κ3) is 5.52. The molecule has 1 aromatic rings. The predicted octanol–water partition coefficient (Wildman–Crippen LogP) is 1.70. The highest BCUT2D eigenvalue weighted by Gasteiger charge is 2.24. The van der Waals surface area contributed by atoms with E-state index in [9.17, 15) is 9.59 Å². The lowest BCUT2D eigenvalue weighted by molar-refractivity contribution is -0.132. The van der Waals surface area contributed by atoms with Crippen LogP contribution in [-0.4, -0.2) is 61.4 Å². The standard InChI is InChI=1S/C17H25N3O2.ClH/c1-14-5-7-15(8-6-14)17(22)20-12-10-19(11-13-20)16(21)4-3-9-18-2;/h5-8,18H,3-4,9-13H2,1-2H3;1H. The van der Waals surface area contributed by atoms with Crippen LogP contribution in [0.4, 0.5) is 0 Å². The van der Waals surface area contributed by atoms with Crippen LogP contribution in [-0.2, 0) is 4.79 Å². The first kappa shape index (κ1) is 19.5. The predicted molar refractivity (Wildman–Crippen MR) is 94.1 cm³/mol. The van der Waals surface area contributed by atoms with E-state index in [0.717, 1.165) is 24.1 Å². The Balaban J connectivity index is 0.00000264. The van der Waals surface area contributed by atoms with Crippen molar-refractivity contribution in [3.05, 3.63) is 35.4 Å². The molecular weight excluding hydrogens is 314 g/mol. The maximum Gasteiger partial charge on any atom is 0.253 e. The van der Waals surface area contributed by atoms with Gasteiger partial charge in [0.15, 0.2) is 0 Å². The fourth-order valence-electron chi connectivity index (χ4n) is 2.61. The molecule has 0 aromatic heterocycles. The van der Waals surface area contributed by atoms with Gasteiger partial charge >= 0.3 is 0 Å². The third-order valence-corrected chi connectivity index (χ3v) is 4.04. The van der Waals surface area contributed by atoms with Crippen LogP contribution < -0.4 is 5.32 Å². The molecule has 0 radical (unpaired) electrons. The Hall–Kier alpha value is -1.59. The molecule has 2 rings (SSSR count). The molecule has 2 amide bonds. The van der Waals surface area contributed by atoms with Gasteiger partial charge in [-0.2, -0.15) is 0 Å². The second-order valence-electron chi connectivity index (χ2n) is 5.75. The second kappa shape index (κ2) is 9.53. The lowest BCUT2D eigenvalue weighted by Crippen LogP contribution is -2.50. The number of benzene rings is 1. The average molecular weight is 340 g/mol. The van der Waals surface area contributed by atoms with Crippen LogP contribution in [0.15, 0.2) is 24.3 Å². The number of nitrogens with one attached hydrogen (secondary N) is 1. The zero-order valence-corrected chi connectivity index (χ0v) is 14.7. The van der Waals surface area contributed by atoms with Gasteiger partial charge in [0.05, 0.1) is 0 Å². The minimum Gasteiger partial charge on any atom is -0.339 e. The van der Waals surface area contributed by atoms with Crippen molar-refractivity contribution >= 4 is 24.2 Å². The van der Waals surface area contributed by atoms with Crippen molar-refractivity contribution < 1.29 is 9.59 Å². The van der Waals surface area contributed by atoms with Crippen molar-refractivity contribution in [2.75, 3.05) is 39.8 Å². The van der Waals surface area contributed by atoms with Crippen molar-refractivity contribution in [2.24, 2.45) is 0 Å². The molecule has 1 aliphatic heterocycles. The first-order chi connectivity index (χ1) is 10.6. The molecule has 23 heavy (non-hydrogen) atoms. The molecule has 1 aliphatic rings. The number of halogens is 1. The van der Waals surface area contributed by atoms with Crippen LogP contribution >= 0.6 is 12.4 Å². The average Bonchev–Trinajstić information content (AvgIpc) is 2.55. The van der Waals surface area contributed by atoms with Crippen molar-refractivity contribution in [2.45, 2.75) is 19.8 Å².